The molecule has 0 unspecified atom stereocenters. The van der Waals surface area contributed by atoms with Crippen LogP contribution in [-0.2, 0) is 0 Å². The van der Waals surface area contributed by atoms with Gasteiger partial charge in [-0.25, -0.2) is 0 Å². The van der Waals surface area contributed by atoms with Crippen molar-refractivity contribution in [3.63, 3.8) is 0 Å². The zero-order valence-corrected chi connectivity index (χ0v) is 17.1. The minimum absolute atomic E-state index is 0.407. The molecule has 0 fully saturated rings. The van der Waals surface area contributed by atoms with Crippen LogP contribution in [0.1, 0.15) is 41.5 Å². The van der Waals surface area contributed by atoms with Crippen molar-refractivity contribution in [1.82, 2.24) is 0 Å². The molecule has 0 aromatic heterocycles. The molecule has 20 heavy (non-hydrogen) atoms. The van der Waals surface area contributed by atoms with Gasteiger partial charge in [0.05, 0.1) is 0 Å². The third-order valence-electron chi connectivity index (χ3n) is 3.16. The predicted octanol–water partition coefficient (Wildman–Crippen LogP) is 4.93. The second-order valence-corrected chi connectivity index (χ2v) is 11.2. The van der Waals surface area contributed by atoms with E-state index in [1.54, 1.807) is 15.8 Å². The third kappa shape index (κ3) is 13.3. The van der Waals surface area contributed by atoms with Gasteiger partial charge in [-0.15, -0.1) is 0 Å². The molecule has 1 aromatic rings. The van der Waals surface area contributed by atoms with Gasteiger partial charge < -0.3 is 0 Å². The maximum atomic E-state index is 2.90. The first kappa shape index (κ1) is 20.3. The van der Waals surface area contributed by atoms with Gasteiger partial charge in [-0.2, -0.15) is 0 Å². The van der Waals surface area contributed by atoms with Crippen LogP contribution in [0.2, 0.25) is 15.8 Å². The molecule has 0 aliphatic heterocycles. The van der Waals surface area contributed by atoms with Crippen LogP contribution in [0, 0.1) is 17.8 Å². The van der Waals surface area contributed by atoms with Crippen molar-refractivity contribution in [3.8, 4) is 0 Å². The number of hydrogen-bond acceptors (Lipinski definition) is 0. The first-order chi connectivity index (χ1) is 9.31. The fraction of sp³-hybridized carbons (Fsp3) is 0.667. The Hall–Kier alpha value is 0.272. The summed E-state index contributed by atoms with van der Waals surface area (Å²) in [7, 11) is 0. The van der Waals surface area contributed by atoms with Crippen LogP contribution in [0.4, 0.5) is 0 Å². The normalized spacial score (nSPS) is 10.7. The van der Waals surface area contributed by atoms with Crippen molar-refractivity contribution in [2.75, 3.05) is 0 Å². The summed E-state index contributed by atoms with van der Waals surface area (Å²) in [5.74, 6) is 2.78. The molecule has 1 radical (unpaired) electrons. The molecule has 0 atom stereocenters. The minimum atomic E-state index is -0.407. The Kier molecular flexibility index (Phi) is 12.0. The Balaban J connectivity index is 0.000000428. The van der Waals surface area contributed by atoms with Crippen LogP contribution in [0.5, 0.6) is 0 Å². The molecule has 0 bridgehead atoms. The van der Waals surface area contributed by atoms with Crippen molar-refractivity contribution >= 4 is 34.6 Å². The number of benzene rings is 1. The Bertz CT molecular complexity index is 296. The number of rotatable bonds is 6. The molecule has 0 aliphatic carbocycles. The van der Waals surface area contributed by atoms with Crippen LogP contribution >= 0.6 is 0 Å². The summed E-state index contributed by atoms with van der Waals surface area (Å²) in [4.78, 5) is 0. The second kappa shape index (κ2) is 11.9. The van der Waals surface area contributed by atoms with Crippen LogP contribution < -0.4 is 4.46 Å². The van der Waals surface area contributed by atoms with E-state index in [1.165, 1.54) is 4.46 Å². The molecular formula is C18H32AlSe. The Morgan fingerprint density at radius 2 is 1.10 bits per heavy atom. The molecule has 0 aliphatic rings. The molecule has 0 spiro atoms. The fourth-order valence-corrected chi connectivity index (χ4v) is 7.62. The van der Waals surface area contributed by atoms with Gasteiger partial charge in [-0.1, -0.05) is 75.1 Å². The molecular weight excluding hydrogens is 322 g/mol. The van der Waals surface area contributed by atoms with Gasteiger partial charge in [0.1, 0.15) is 0 Å². The Labute approximate surface area is 140 Å². The van der Waals surface area contributed by atoms with E-state index in [2.05, 4.69) is 57.6 Å². The van der Waals surface area contributed by atoms with E-state index in [9.17, 15) is 0 Å². The van der Waals surface area contributed by atoms with Crippen molar-refractivity contribution in [2.24, 2.45) is 17.8 Å². The monoisotopic (exact) mass is 355 g/mol. The van der Waals surface area contributed by atoms with Crippen LogP contribution in [0.3, 0.4) is 0 Å². The van der Waals surface area contributed by atoms with Crippen molar-refractivity contribution in [2.45, 2.75) is 57.4 Å². The van der Waals surface area contributed by atoms with E-state index in [4.69, 9.17) is 0 Å². The van der Waals surface area contributed by atoms with Crippen LogP contribution in [-0.4, -0.2) is 30.2 Å². The van der Waals surface area contributed by atoms with Gasteiger partial charge in [0, 0.05) is 0 Å². The molecule has 0 N–H and O–H groups in total. The topological polar surface area (TPSA) is 0 Å². The molecule has 0 nitrogen and oxygen atoms in total. The Morgan fingerprint density at radius 3 is 1.30 bits per heavy atom. The zero-order valence-electron chi connectivity index (χ0n) is 14.2. The second-order valence-electron chi connectivity index (χ2n) is 7.07. The standard InChI is InChI=1S/C6H5Se.3C4H9.Al/c7-6-4-2-1-3-5-6;3*1-4(2)3;/h1-5H;3*4H,1H2,2-3H3;. The van der Waals surface area contributed by atoms with Crippen LogP contribution in [0.15, 0.2) is 30.3 Å². The van der Waals surface area contributed by atoms with Gasteiger partial charge in [-0.05, 0) is 0 Å². The number of hydrogen-bond donors (Lipinski definition) is 0. The summed E-state index contributed by atoms with van der Waals surface area (Å²) in [5, 5.41) is 4.66. The molecule has 0 amide bonds. The zero-order chi connectivity index (χ0) is 15.5. The van der Waals surface area contributed by atoms with Crippen molar-refractivity contribution in [3.05, 3.63) is 30.3 Å². The SMILES string of the molecule is CC(C)[CH2][Al]([CH2]C(C)C)[CH2]C(C)C.[Se]c1ccccc1. The molecule has 1 rings (SSSR count). The van der Waals surface area contributed by atoms with E-state index >= 15 is 0 Å². The first-order valence-electron chi connectivity index (χ1n) is 8.03. The van der Waals surface area contributed by atoms with E-state index in [1.807, 2.05) is 30.3 Å². The molecule has 113 valence electrons. The van der Waals surface area contributed by atoms with E-state index in [0.29, 0.717) is 0 Å². The molecule has 2 heteroatoms. The average Bonchev–Trinajstić information content (AvgIpc) is 2.27. The molecule has 1 aromatic carbocycles. The van der Waals surface area contributed by atoms with Gasteiger partial charge in [0.25, 0.3) is 14.1 Å². The first-order valence-corrected chi connectivity index (χ1v) is 11.3. The quantitative estimate of drug-likeness (QED) is 0.636. The molecule has 0 saturated carbocycles. The summed E-state index contributed by atoms with van der Waals surface area (Å²) < 4.78 is 1.20. The molecule has 0 heterocycles. The van der Waals surface area contributed by atoms with Gasteiger partial charge in [-0.3, -0.25) is 0 Å². The third-order valence-corrected chi connectivity index (χ3v) is 8.56. The summed E-state index contributed by atoms with van der Waals surface area (Å²) in [6.07, 6.45) is 0. The van der Waals surface area contributed by atoms with Gasteiger partial charge in [0.2, 0.25) is 0 Å². The van der Waals surface area contributed by atoms with Gasteiger partial charge >= 0.3 is 50.8 Å². The summed E-state index contributed by atoms with van der Waals surface area (Å²) in [5.41, 5.74) is 0. The summed E-state index contributed by atoms with van der Waals surface area (Å²) in [6.45, 7) is 14.3. The van der Waals surface area contributed by atoms with Gasteiger partial charge in [0.15, 0.2) is 0 Å². The van der Waals surface area contributed by atoms with E-state index < -0.39 is 14.1 Å². The van der Waals surface area contributed by atoms with E-state index in [-0.39, 0.29) is 0 Å². The Morgan fingerprint density at radius 1 is 0.750 bits per heavy atom. The van der Waals surface area contributed by atoms with Crippen LogP contribution in [0.25, 0.3) is 0 Å². The predicted molar refractivity (Wildman–Crippen MR) is 96.5 cm³/mol. The van der Waals surface area contributed by atoms with Crippen molar-refractivity contribution < 1.29 is 0 Å². The summed E-state index contributed by atoms with van der Waals surface area (Å²) in [6, 6.07) is 10.1. The molecule has 0 saturated heterocycles. The average molecular weight is 354 g/mol. The van der Waals surface area contributed by atoms with E-state index in [0.717, 1.165) is 17.8 Å². The van der Waals surface area contributed by atoms with Crippen molar-refractivity contribution in [1.29, 1.82) is 0 Å². The maximum absolute atomic E-state index is 2.90. The fourth-order valence-electron chi connectivity index (χ4n) is 2.71. The summed E-state index contributed by atoms with van der Waals surface area (Å²) >= 11 is 2.49.